The van der Waals surface area contributed by atoms with Crippen molar-refractivity contribution in [3.8, 4) is 0 Å². The number of nitrogens with one attached hydrogen (secondary N) is 1. The van der Waals surface area contributed by atoms with E-state index in [0.717, 1.165) is 17.7 Å². The molecule has 1 aliphatic carbocycles. The van der Waals surface area contributed by atoms with Crippen LogP contribution >= 0.6 is 0 Å². The minimum Gasteiger partial charge on any atom is -0.451 e. The number of amides is 3. The molecular weight excluding hydrogens is 348 g/mol. The maximum atomic E-state index is 12.8. The molecule has 2 atom stereocenters. The lowest BCUT2D eigenvalue weighted by molar-refractivity contribution is -0.159. The van der Waals surface area contributed by atoms with Crippen LogP contribution in [0.4, 0.5) is 0 Å². The fourth-order valence-corrected chi connectivity index (χ4v) is 3.10. The highest BCUT2D eigenvalue weighted by Gasteiger charge is 2.44. The summed E-state index contributed by atoms with van der Waals surface area (Å²) in [4.78, 5) is 51.3. The fourth-order valence-electron chi connectivity index (χ4n) is 3.10. The van der Waals surface area contributed by atoms with E-state index in [9.17, 15) is 19.2 Å². The van der Waals surface area contributed by atoms with Crippen LogP contribution in [-0.4, -0.2) is 46.8 Å². The normalized spacial score (nSPS) is 18.3. The largest absolute Gasteiger partial charge is 0.451 e. The Morgan fingerprint density at radius 1 is 1.11 bits per heavy atom. The predicted octanol–water partition coefficient (Wildman–Crippen LogP) is 1.91. The standard InChI is InChI=1S/C20H24N2O5/c1-11(2)10-16(20(26)27-12(3)17(23)21-13-8-9-13)22-18(24)14-6-4-5-7-15(14)19(22)25/h4-7,11-13,16H,8-10H2,1-3H3,(H,21,23)/t12-,16+/m1/s1. The van der Waals surface area contributed by atoms with Crippen LogP contribution in [0.5, 0.6) is 0 Å². The lowest BCUT2D eigenvalue weighted by atomic mass is 10.0. The highest BCUT2D eigenvalue weighted by molar-refractivity contribution is 6.22. The highest BCUT2D eigenvalue weighted by atomic mass is 16.5. The van der Waals surface area contributed by atoms with E-state index in [-0.39, 0.29) is 35.4 Å². The molecule has 1 saturated carbocycles. The van der Waals surface area contributed by atoms with Crippen LogP contribution in [0.2, 0.25) is 0 Å². The molecule has 0 radical (unpaired) electrons. The van der Waals surface area contributed by atoms with Crippen LogP contribution in [0.3, 0.4) is 0 Å². The Bertz CT molecular complexity index is 749. The van der Waals surface area contributed by atoms with Gasteiger partial charge in [-0.2, -0.15) is 0 Å². The molecule has 0 saturated heterocycles. The third-order valence-electron chi connectivity index (χ3n) is 4.69. The Labute approximate surface area is 158 Å². The van der Waals surface area contributed by atoms with Gasteiger partial charge in [-0.25, -0.2) is 4.79 Å². The predicted molar refractivity (Wildman–Crippen MR) is 96.9 cm³/mol. The van der Waals surface area contributed by atoms with E-state index < -0.39 is 29.9 Å². The molecular formula is C20H24N2O5. The van der Waals surface area contributed by atoms with Gasteiger partial charge in [-0.15, -0.1) is 0 Å². The molecule has 0 bridgehead atoms. The number of hydrogen-bond acceptors (Lipinski definition) is 5. The maximum Gasteiger partial charge on any atom is 0.330 e. The second-order valence-electron chi connectivity index (χ2n) is 7.53. The van der Waals surface area contributed by atoms with E-state index in [1.807, 2.05) is 13.8 Å². The molecule has 1 aliphatic heterocycles. The summed E-state index contributed by atoms with van der Waals surface area (Å²) >= 11 is 0. The number of rotatable bonds is 7. The molecule has 1 heterocycles. The molecule has 1 N–H and O–H groups in total. The minimum atomic E-state index is -1.06. The smallest absolute Gasteiger partial charge is 0.330 e. The molecule has 1 aromatic carbocycles. The molecule has 0 spiro atoms. The van der Waals surface area contributed by atoms with Gasteiger partial charge >= 0.3 is 5.97 Å². The second kappa shape index (κ2) is 7.50. The molecule has 1 aromatic rings. The van der Waals surface area contributed by atoms with Gasteiger partial charge in [0, 0.05) is 6.04 Å². The van der Waals surface area contributed by atoms with Crippen molar-refractivity contribution in [1.29, 1.82) is 0 Å². The van der Waals surface area contributed by atoms with E-state index in [1.54, 1.807) is 24.3 Å². The van der Waals surface area contributed by atoms with Gasteiger partial charge < -0.3 is 10.1 Å². The number of carbonyl (C=O) groups excluding carboxylic acids is 4. The molecule has 0 aromatic heterocycles. The zero-order valence-electron chi connectivity index (χ0n) is 15.7. The van der Waals surface area contributed by atoms with Gasteiger partial charge in [-0.3, -0.25) is 19.3 Å². The summed E-state index contributed by atoms with van der Waals surface area (Å²) in [5.74, 6) is -2.07. The SMILES string of the molecule is CC(C)C[C@@H](C(=O)O[C@H](C)C(=O)NC1CC1)N1C(=O)c2ccccc2C1=O. The minimum absolute atomic E-state index is 0.0439. The third kappa shape index (κ3) is 4.02. The van der Waals surface area contributed by atoms with Crippen LogP contribution in [0.15, 0.2) is 24.3 Å². The van der Waals surface area contributed by atoms with E-state index >= 15 is 0 Å². The van der Waals surface area contributed by atoms with Gasteiger partial charge in [-0.05, 0) is 44.2 Å². The number of esters is 1. The average molecular weight is 372 g/mol. The number of imide groups is 1. The molecule has 3 rings (SSSR count). The quantitative estimate of drug-likeness (QED) is 0.583. The number of ether oxygens (including phenoxy) is 1. The lowest BCUT2D eigenvalue weighted by Gasteiger charge is -2.27. The van der Waals surface area contributed by atoms with Crippen molar-refractivity contribution in [3.63, 3.8) is 0 Å². The summed E-state index contributed by atoms with van der Waals surface area (Å²) in [6.45, 7) is 5.27. The van der Waals surface area contributed by atoms with Crippen molar-refractivity contribution in [2.45, 2.75) is 58.2 Å². The molecule has 3 amide bonds. The van der Waals surface area contributed by atoms with E-state index in [4.69, 9.17) is 4.74 Å². The van der Waals surface area contributed by atoms with Gasteiger partial charge in [0.25, 0.3) is 17.7 Å². The van der Waals surface area contributed by atoms with Crippen LogP contribution < -0.4 is 5.32 Å². The lowest BCUT2D eigenvalue weighted by Crippen LogP contribution is -2.48. The van der Waals surface area contributed by atoms with Crippen molar-refractivity contribution in [3.05, 3.63) is 35.4 Å². The first-order valence-corrected chi connectivity index (χ1v) is 9.27. The first-order chi connectivity index (χ1) is 12.8. The number of benzene rings is 1. The summed E-state index contributed by atoms with van der Waals surface area (Å²) < 4.78 is 5.31. The van der Waals surface area contributed by atoms with Crippen LogP contribution in [-0.2, 0) is 14.3 Å². The topological polar surface area (TPSA) is 92.8 Å². The number of carbonyl (C=O) groups is 4. The molecule has 7 nitrogen and oxygen atoms in total. The van der Waals surface area contributed by atoms with Crippen molar-refractivity contribution >= 4 is 23.7 Å². The summed E-state index contributed by atoms with van der Waals surface area (Å²) in [5.41, 5.74) is 0.562. The van der Waals surface area contributed by atoms with Crippen molar-refractivity contribution in [1.82, 2.24) is 10.2 Å². The molecule has 7 heteroatoms. The maximum absolute atomic E-state index is 12.8. The molecule has 2 aliphatic rings. The van der Waals surface area contributed by atoms with Crippen molar-refractivity contribution in [2.75, 3.05) is 0 Å². The summed E-state index contributed by atoms with van der Waals surface area (Å²) in [5, 5.41) is 2.78. The molecule has 144 valence electrons. The second-order valence-corrected chi connectivity index (χ2v) is 7.53. The first kappa shape index (κ1) is 19.1. The Morgan fingerprint density at radius 2 is 1.67 bits per heavy atom. The first-order valence-electron chi connectivity index (χ1n) is 9.27. The Morgan fingerprint density at radius 3 is 2.15 bits per heavy atom. The van der Waals surface area contributed by atoms with Gasteiger partial charge in [0.2, 0.25) is 0 Å². The zero-order valence-corrected chi connectivity index (χ0v) is 15.7. The summed E-state index contributed by atoms with van der Waals surface area (Å²) in [6, 6.07) is 5.58. The van der Waals surface area contributed by atoms with E-state index in [2.05, 4.69) is 5.32 Å². The molecule has 27 heavy (non-hydrogen) atoms. The summed E-state index contributed by atoms with van der Waals surface area (Å²) in [7, 11) is 0. The summed E-state index contributed by atoms with van der Waals surface area (Å²) in [6.07, 6.45) is 1.14. The Hall–Kier alpha value is -2.70. The van der Waals surface area contributed by atoms with Gasteiger partial charge in [-0.1, -0.05) is 26.0 Å². The van der Waals surface area contributed by atoms with Crippen molar-refractivity contribution in [2.24, 2.45) is 5.92 Å². The van der Waals surface area contributed by atoms with Crippen LogP contribution in [0.1, 0.15) is 60.7 Å². The molecule has 0 unspecified atom stereocenters. The average Bonchev–Trinajstić information content (AvgIpc) is 3.40. The monoisotopic (exact) mass is 372 g/mol. The third-order valence-corrected chi connectivity index (χ3v) is 4.69. The number of hydrogen-bond donors (Lipinski definition) is 1. The van der Waals surface area contributed by atoms with E-state index in [0.29, 0.717) is 0 Å². The molecule has 1 fully saturated rings. The van der Waals surface area contributed by atoms with Gasteiger partial charge in [0.05, 0.1) is 11.1 Å². The Kier molecular flexibility index (Phi) is 5.30. The number of nitrogens with zero attached hydrogens (tertiary/aromatic N) is 1. The van der Waals surface area contributed by atoms with Crippen molar-refractivity contribution < 1.29 is 23.9 Å². The van der Waals surface area contributed by atoms with Crippen LogP contribution in [0.25, 0.3) is 0 Å². The Balaban J connectivity index is 1.77. The van der Waals surface area contributed by atoms with Gasteiger partial charge in [0.15, 0.2) is 6.10 Å². The van der Waals surface area contributed by atoms with E-state index in [1.165, 1.54) is 6.92 Å². The zero-order chi connectivity index (χ0) is 19.7. The van der Waals surface area contributed by atoms with Crippen LogP contribution in [0, 0.1) is 5.92 Å². The highest BCUT2D eigenvalue weighted by Crippen LogP contribution is 2.27. The fraction of sp³-hybridized carbons (Fsp3) is 0.500. The number of fused-ring (bicyclic) bond motifs is 1. The van der Waals surface area contributed by atoms with Gasteiger partial charge in [0.1, 0.15) is 6.04 Å².